The van der Waals surface area contributed by atoms with E-state index in [0.29, 0.717) is 17.3 Å². The average molecular weight is 935 g/mol. The molecule has 2 aliphatic heterocycles. The molecule has 362 valence electrons. The predicted octanol–water partition coefficient (Wildman–Crippen LogP) is 9.81. The quantitative estimate of drug-likeness (QED) is 0.101. The maximum atomic E-state index is 14.2. The van der Waals surface area contributed by atoms with E-state index in [1.165, 1.54) is 73.3 Å². The second-order valence-corrected chi connectivity index (χ2v) is 21.8. The van der Waals surface area contributed by atoms with Gasteiger partial charge in [-0.1, -0.05) is 83.0 Å². The van der Waals surface area contributed by atoms with E-state index in [0.717, 1.165) is 85.3 Å². The third kappa shape index (κ3) is 7.85. The van der Waals surface area contributed by atoms with Crippen LogP contribution in [-0.2, 0) is 31.9 Å². The summed E-state index contributed by atoms with van der Waals surface area (Å²) in [6.07, 6.45) is 13.8. The Morgan fingerprint density at radius 2 is 1.19 bits per heavy atom. The first-order valence-electron chi connectivity index (χ1n) is 25.5. The van der Waals surface area contributed by atoms with Gasteiger partial charge in [-0.2, -0.15) is 0 Å². The number of amides is 4. The molecule has 5 aromatic rings. The second kappa shape index (κ2) is 17.7. The van der Waals surface area contributed by atoms with Gasteiger partial charge >= 0.3 is 12.2 Å². The zero-order valence-corrected chi connectivity index (χ0v) is 40.8. The minimum absolute atomic E-state index is 0.0735. The summed E-state index contributed by atoms with van der Waals surface area (Å²) < 4.78 is 9.77. The summed E-state index contributed by atoms with van der Waals surface area (Å²) in [5.74, 6) is 1.88. The van der Waals surface area contributed by atoms with Crippen molar-refractivity contribution < 1.29 is 28.7 Å². The van der Waals surface area contributed by atoms with Gasteiger partial charge in [-0.15, -0.1) is 0 Å². The van der Waals surface area contributed by atoms with Crippen LogP contribution in [0.15, 0.2) is 60.8 Å². The number of carbonyl (C=O) groups is 4. The van der Waals surface area contributed by atoms with Crippen LogP contribution in [-0.4, -0.2) is 92.1 Å². The minimum Gasteiger partial charge on any atom is -0.453 e. The monoisotopic (exact) mass is 935 g/mol. The van der Waals surface area contributed by atoms with Crippen LogP contribution in [0, 0.1) is 29.1 Å². The van der Waals surface area contributed by atoms with Gasteiger partial charge in [0.15, 0.2) is 0 Å². The van der Waals surface area contributed by atoms with Gasteiger partial charge in [0.1, 0.15) is 23.7 Å². The van der Waals surface area contributed by atoms with Crippen LogP contribution in [0.3, 0.4) is 0 Å². The van der Waals surface area contributed by atoms with Crippen molar-refractivity contribution in [2.24, 2.45) is 29.1 Å². The van der Waals surface area contributed by atoms with Crippen LogP contribution in [0.1, 0.15) is 127 Å². The van der Waals surface area contributed by atoms with E-state index < -0.39 is 24.3 Å². The van der Waals surface area contributed by atoms with Crippen molar-refractivity contribution in [2.75, 3.05) is 14.2 Å². The number of likely N-dealkylation sites (tertiary alicyclic amines) is 2. The van der Waals surface area contributed by atoms with E-state index in [4.69, 9.17) is 19.4 Å². The van der Waals surface area contributed by atoms with Crippen LogP contribution in [0.2, 0.25) is 0 Å². The lowest BCUT2D eigenvalue weighted by atomic mass is 9.82. The van der Waals surface area contributed by atoms with Gasteiger partial charge in [0, 0.05) is 12.1 Å². The molecule has 1 spiro atoms. The fourth-order valence-corrected chi connectivity index (χ4v) is 13.8. The van der Waals surface area contributed by atoms with Crippen molar-refractivity contribution in [3.8, 4) is 33.5 Å². The summed E-state index contributed by atoms with van der Waals surface area (Å²) in [5, 5.41) is 5.60. The van der Waals surface area contributed by atoms with Crippen molar-refractivity contribution >= 4 is 35.0 Å². The summed E-state index contributed by atoms with van der Waals surface area (Å²) >= 11 is 0. The molecule has 4 N–H and O–H groups in total. The van der Waals surface area contributed by atoms with Crippen molar-refractivity contribution in [1.82, 2.24) is 40.4 Å². The number of hydrogen-bond donors (Lipinski definition) is 4. The summed E-state index contributed by atoms with van der Waals surface area (Å²) in [6, 6.07) is 18.6. The molecule has 0 radical (unpaired) electrons. The number of aromatic amines is 2. The van der Waals surface area contributed by atoms with Crippen molar-refractivity contribution in [1.29, 1.82) is 0 Å². The van der Waals surface area contributed by atoms with Gasteiger partial charge in [0.2, 0.25) is 11.8 Å². The Labute approximate surface area is 404 Å². The Kier molecular flexibility index (Phi) is 11.6. The molecule has 14 heteroatoms. The SMILES string of the molecule is COC(=O)NC(C(=O)N1C2CCC(C2)[C@H]1c1nc2ccc(-c3ccc(-c4ccc(-c5cnc([C@@H]6C7CCC(C7)N6C(=O)[C@@H](NC(=O)OC)C(C)C)[nH]5)cc4)c4c3CC3(CCCC3)C4)cc2[nH]1)C(C)C. The molecule has 4 amide bonds. The Balaban J connectivity index is 0.865. The van der Waals surface area contributed by atoms with E-state index in [9.17, 15) is 19.2 Å². The number of carbonyl (C=O) groups excluding carboxylic acids is 4. The first-order valence-corrected chi connectivity index (χ1v) is 25.5. The molecule has 4 heterocycles. The Morgan fingerprint density at radius 3 is 1.74 bits per heavy atom. The molecular formula is C55H66N8O6. The van der Waals surface area contributed by atoms with Gasteiger partial charge in [-0.3, -0.25) is 9.59 Å². The van der Waals surface area contributed by atoms with E-state index in [-0.39, 0.29) is 47.8 Å². The van der Waals surface area contributed by atoms with Crippen LogP contribution in [0.5, 0.6) is 0 Å². The van der Waals surface area contributed by atoms with Crippen molar-refractivity contribution in [3.05, 3.63) is 83.6 Å². The number of ether oxygens (including phenoxy) is 2. The van der Waals surface area contributed by atoms with E-state index in [1.54, 1.807) is 0 Å². The fraction of sp³-hybridized carbons (Fsp3) is 0.527. The number of rotatable bonds is 11. The summed E-state index contributed by atoms with van der Waals surface area (Å²) in [5.41, 5.74) is 11.9. The topological polar surface area (TPSA) is 175 Å². The summed E-state index contributed by atoms with van der Waals surface area (Å²) in [7, 11) is 2.65. The number of nitrogens with zero attached hydrogens (tertiary/aromatic N) is 4. The van der Waals surface area contributed by atoms with Crippen LogP contribution >= 0.6 is 0 Å². The van der Waals surface area contributed by atoms with Gasteiger partial charge in [0.25, 0.3) is 0 Å². The molecule has 4 aliphatic carbocycles. The number of alkyl carbamates (subject to hydrolysis) is 2. The number of nitrogens with one attached hydrogen (secondary N) is 4. The Morgan fingerprint density at radius 1 is 0.667 bits per heavy atom. The van der Waals surface area contributed by atoms with Gasteiger partial charge in [-0.05, 0) is 144 Å². The Bertz CT molecular complexity index is 2810. The zero-order chi connectivity index (χ0) is 47.9. The number of hydrogen-bond acceptors (Lipinski definition) is 8. The standard InChI is InChI=1S/C55H66N8O6/c1-29(2)45(60-53(66)68-5)51(64)62-36-16-13-34(23-36)47(62)49-56-28-44(59-49)32-11-9-31(10-12-32)38-18-19-39(41-27-55(26-40(38)41)21-7-8-22-55)33-15-20-42-43(25-33)58-50(57-42)48-35-14-17-37(24-35)63(48)52(65)46(30(3)4)61-54(67)69-6/h9-12,15,18-20,25,28-30,34-37,45-48H,7-8,13-14,16-17,21-24,26-27H2,1-6H3,(H,56,59)(H,57,58)(H,60,66)(H,61,67)/t34?,35?,36?,37?,45-,46?,47-,48-/m0/s1. The number of aromatic nitrogens is 4. The first-order chi connectivity index (χ1) is 33.3. The lowest BCUT2D eigenvalue weighted by molar-refractivity contribution is -0.140. The maximum absolute atomic E-state index is 14.2. The predicted molar refractivity (Wildman–Crippen MR) is 263 cm³/mol. The molecule has 6 aliphatic rings. The molecule has 3 aromatic carbocycles. The third-order valence-electron chi connectivity index (χ3n) is 17.1. The number of imidazole rings is 2. The number of methoxy groups -OCH3 is 2. The summed E-state index contributed by atoms with van der Waals surface area (Å²) in [6.45, 7) is 7.80. The molecule has 5 unspecified atom stereocenters. The molecule has 2 aromatic heterocycles. The minimum atomic E-state index is -0.683. The van der Waals surface area contributed by atoms with Crippen LogP contribution in [0.4, 0.5) is 9.59 Å². The van der Waals surface area contributed by atoms with E-state index in [1.807, 2.05) is 43.7 Å². The van der Waals surface area contributed by atoms with Gasteiger partial charge in [0.05, 0.1) is 49.2 Å². The lowest BCUT2D eigenvalue weighted by Crippen LogP contribution is -2.54. The molecule has 8 atom stereocenters. The van der Waals surface area contributed by atoms with Crippen LogP contribution in [0.25, 0.3) is 44.5 Å². The van der Waals surface area contributed by atoms with Crippen LogP contribution < -0.4 is 10.6 Å². The number of H-pyrrole nitrogens is 2. The highest BCUT2D eigenvalue weighted by atomic mass is 16.5. The normalized spacial score (nSPS) is 25.0. The van der Waals surface area contributed by atoms with Crippen molar-refractivity contribution in [3.63, 3.8) is 0 Å². The molecule has 2 saturated heterocycles. The highest BCUT2D eigenvalue weighted by molar-refractivity contribution is 5.89. The van der Waals surface area contributed by atoms with E-state index in [2.05, 4.69) is 75.2 Å². The van der Waals surface area contributed by atoms with Crippen molar-refractivity contribution in [2.45, 2.75) is 141 Å². The van der Waals surface area contributed by atoms with Gasteiger partial charge in [-0.25, -0.2) is 19.6 Å². The highest BCUT2D eigenvalue weighted by Gasteiger charge is 2.53. The Hall–Kier alpha value is -6.18. The highest BCUT2D eigenvalue weighted by Crippen LogP contribution is 2.54. The first kappa shape index (κ1) is 45.3. The second-order valence-electron chi connectivity index (χ2n) is 21.8. The molecular weight excluding hydrogens is 869 g/mol. The maximum Gasteiger partial charge on any atom is 0.407 e. The zero-order valence-electron chi connectivity index (χ0n) is 40.8. The molecule has 3 saturated carbocycles. The van der Waals surface area contributed by atoms with Gasteiger partial charge < -0.3 is 39.9 Å². The third-order valence-corrected chi connectivity index (χ3v) is 17.1. The number of fused-ring (bicyclic) bond motifs is 6. The van der Waals surface area contributed by atoms with E-state index >= 15 is 0 Å². The number of piperidine rings is 2. The molecule has 5 fully saturated rings. The molecule has 4 bridgehead atoms. The summed E-state index contributed by atoms with van der Waals surface area (Å²) in [4.78, 5) is 74.3. The lowest BCUT2D eigenvalue weighted by Gasteiger charge is -2.37. The average Bonchev–Trinajstić information content (AvgIpc) is 4.22. The smallest absolute Gasteiger partial charge is 0.407 e. The molecule has 69 heavy (non-hydrogen) atoms. The fourth-order valence-electron chi connectivity index (χ4n) is 13.8. The largest absolute Gasteiger partial charge is 0.453 e. The number of benzene rings is 3. The molecule has 11 rings (SSSR count). The molecule has 14 nitrogen and oxygen atoms in total.